The van der Waals surface area contributed by atoms with Crippen molar-refractivity contribution in [2.75, 3.05) is 28.2 Å². The van der Waals surface area contributed by atoms with E-state index in [4.69, 9.17) is 4.42 Å². The molecule has 0 bridgehead atoms. The van der Waals surface area contributed by atoms with Gasteiger partial charge in [0.05, 0.1) is 0 Å². The second-order valence-corrected chi connectivity index (χ2v) is 5.20. The van der Waals surface area contributed by atoms with Gasteiger partial charge < -0.3 is 14.2 Å². The number of nitrogens with zero attached hydrogens (tertiary/aromatic N) is 3. The van der Waals surface area contributed by atoms with Crippen molar-refractivity contribution in [2.45, 2.75) is 13.5 Å². The predicted molar refractivity (Wildman–Crippen MR) is 94.8 cm³/mol. The molecule has 2 rings (SSSR count). The Bertz CT molecular complexity index is 640. The standard InChI is InChI=1S/C15H20FN3O.HI/c1-10-12-8-11(16)6-7-13(12)20-14(10)9-17-15(18(2)3)19(4)5;/h6-8H,9H2,1-5H3;1H. The second-order valence-electron chi connectivity index (χ2n) is 5.20. The van der Waals surface area contributed by atoms with Crippen LogP contribution in [0, 0.1) is 12.7 Å². The van der Waals surface area contributed by atoms with E-state index >= 15 is 0 Å². The highest BCUT2D eigenvalue weighted by molar-refractivity contribution is 14.0. The molecule has 21 heavy (non-hydrogen) atoms. The number of aliphatic imine (C=N–C) groups is 1. The van der Waals surface area contributed by atoms with Crippen LogP contribution < -0.4 is 0 Å². The summed E-state index contributed by atoms with van der Waals surface area (Å²) in [6.07, 6.45) is 0. The van der Waals surface area contributed by atoms with E-state index in [-0.39, 0.29) is 29.8 Å². The summed E-state index contributed by atoms with van der Waals surface area (Å²) in [7, 11) is 7.78. The summed E-state index contributed by atoms with van der Waals surface area (Å²) >= 11 is 0. The van der Waals surface area contributed by atoms with Crippen molar-refractivity contribution in [3.05, 3.63) is 35.3 Å². The summed E-state index contributed by atoms with van der Waals surface area (Å²) in [5.41, 5.74) is 1.64. The maximum atomic E-state index is 13.3. The predicted octanol–water partition coefficient (Wildman–Crippen LogP) is 3.48. The molecule has 1 aromatic carbocycles. The Morgan fingerprint density at radius 1 is 1.19 bits per heavy atom. The van der Waals surface area contributed by atoms with E-state index in [1.165, 1.54) is 12.1 Å². The lowest BCUT2D eigenvalue weighted by atomic mass is 10.1. The number of hydrogen-bond donors (Lipinski definition) is 0. The highest BCUT2D eigenvalue weighted by Gasteiger charge is 2.12. The van der Waals surface area contributed by atoms with Gasteiger partial charge in [0.1, 0.15) is 23.7 Å². The summed E-state index contributed by atoms with van der Waals surface area (Å²) in [6, 6.07) is 4.56. The first kappa shape index (κ1) is 17.7. The molecule has 0 radical (unpaired) electrons. The molecule has 0 aliphatic carbocycles. The first-order valence-electron chi connectivity index (χ1n) is 6.46. The highest BCUT2D eigenvalue weighted by Crippen LogP contribution is 2.26. The van der Waals surface area contributed by atoms with Gasteiger partial charge in [0.25, 0.3) is 0 Å². The summed E-state index contributed by atoms with van der Waals surface area (Å²) in [6.45, 7) is 2.37. The zero-order valence-electron chi connectivity index (χ0n) is 13.0. The second kappa shape index (κ2) is 7.11. The van der Waals surface area contributed by atoms with Crippen molar-refractivity contribution < 1.29 is 8.81 Å². The van der Waals surface area contributed by atoms with Crippen LogP contribution in [-0.4, -0.2) is 44.0 Å². The van der Waals surface area contributed by atoms with Crippen LogP contribution in [0.3, 0.4) is 0 Å². The number of guanidine groups is 1. The summed E-state index contributed by atoms with van der Waals surface area (Å²) < 4.78 is 19.0. The van der Waals surface area contributed by atoms with Crippen molar-refractivity contribution in [3.63, 3.8) is 0 Å². The molecule has 0 aliphatic rings. The van der Waals surface area contributed by atoms with Crippen LogP contribution in [0.2, 0.25) is 0 Å². The van der Waals surface area contributed by atoms with Crippen LogP contribution in [0.4, 0.5) is 4.39 Å². The fraction of sp³-hybridized carbons (Fsp3) is 0.400. The average molecular weight is 405 g/mol. The number of halogens is 2. The van der Waals surface area contributed by atoms with Crippen LogP contribution in [0.5, 0.6) is 0 Å². The third kappa shape index (κ3) is 3.87. The van der Waals surface area contributed by atoms with Crippen molar-refractivity contribution >= 4 is 40.9 Å². The molecular weight excluding hydrogens is 384 g/mol. The lowest BCUT2D eigenvalue weighted by molar-refractivity contribution is 0.473. The van der Waals surface area contributed by atoms with E-state index < -0.39 is 0 Å². The molecule has 6 heteroatoms. The van der Waals surface area contributed by atoms with Gasteiger partial charge in [-0.25, -0.2) is 9.38 Å². The zero-order valence-corrected chi connectivity index (χ0v) is 15.3. The number of furan rings is 1. The molecule has 0 saturated heterocycles. The highest BCUT2D eigenvalue weighted by atomic mass is 127. The molecule has 0 N–H and O–H groups in total. The monoisotopic (exact) mass is 405 g/mol. The lowest BCUT2D eigenvalue weighted by Crippen LogP contribution is -2.35. The third-order valence-electron chi connectivity index (χ3n) is 3.16. The molecule has 1 heterocycles. The number of fused-ring (bicyclic) bond motifs is 1. The Labute approximate surface area is 141 Å². The molecule has 0 amide bonds. The van der Waals surface area contributed by atoms with Gasteiger partial charge in [0.2, 0.25) is 0 Å². The van der Waals surface area contributed by atoms with Gasteiger partial charge in [-0.1, -0.05) is 0 Å². The summed E-state index contributed by atoms with van der Waals surface area (Å²) in [5.74, 6) is 1.38. The van der Waals surface area contributed by atoms with E-state index in [9.17, 15) is 4.39 Å². The van der Waals surface area contributed by atoms with E-state index in [2.05, 4.69) is 4.99 Å². The van der Waals surface area contributed by atoms with Crippen LogP contribution in [0.15, 0.2) is 27.6 Å². The molecule has 0 spiro atoms. The minimum Gasteiger partial charge on any atom is -0.459 e. The average Bonchev–Trinajstić information content (AvgIpc) is 2.66. The molecule has 0 atom stereocenters. The fourth-order valence-electron chi connectivity index (χ4n) is 2.22. The van der Waals surface area contributed by atoms with E-state index in [0.29, 0.717) is 12.1 Å². The van der Waals surface area contributed by atoms with Crippen LogP contribution in [0.1, 0.15) is 11.3 Å². The Hall–Kier alpha value is -1.31. The van der Waals surface area contributed by atoms with Gasteiger partial charge in [-0.15, -0.1) is 24.0 Å². The molecule has 2 aromatic rings. The summed E-state index contributed by atoms with van der Waals surface area (Å²) in [4.78, 5) is 8.44. The normalized spacial score (nSPS) is 10.2. The number of aryl methyl sites for hydroxylation is 1. The molecule has 0 saturated carbocycles. The number of rotatable bonds is 2. The van der Waals surface area contributed by atoms with E-state index in [0.717, 1.165) is 22.7 Å². The Morgan fingerprint density at radius 3 is 2.38 bits per heavy atom. The SMILES string of the molecule is Cc1c(CN=C(N(C)C)N(C)C)oc2ccc(F)cc12.I. The van der Waals surface area contributed by atoms with E-state index in [1.54, 1.807) is 6.07 Å². The van der Waals surface area contributed by atoms with Crippen molar-refractivity contribution in [2.24, 2.45) is 4.99 Å². The van der Waals surface area contributed by atoms with Crippen molar-refractivity contribution in [1.29, 1.82) is 0 Å². The fourth-order valence-corrected chi connectivity index (χ4v) is 2.22. The van der Waals surface area contributed by atoms with Gasteiger partial charge in [0, 0.05) is 39.1 Å². The quantitative estimate of drug-likeness (QED) is 0.436. The maximum Gasteiger partial charge on any atom is 0.195 e. The molecule has 0 aliphatic heterocycles. The van der Waals surface area contributed by atoms with Gasteiger partial charge in [-0.3, -0.25) is 0 Å². The van der Waals surface area contributed by atoms with Crippen molar-refractivity contribution in [3.8, 4) is 0 Å². The molecular formula is C15H21FIN3O. The smallest absolute Gasteiger partial charge is 0.195 e. The van der Waals surface area contributed by atoms with Crippen molar-refractivity contribution in [1.82, 2.24) is 9.80 Å². The first-order valence-corrected chi connectivity index (χ1v) is 6.46. The summed E-state index contributed by atoms with van der Waals surface area (Å²) in [5, 5.41) is 0.812. The Kier molecular flexibility index (Phi) is 6.00. The molecule has 0 unspecified atom stereocenters. The van der Waals surface area contributed by atoms with Crippen LogP contribution >= 0.6 is 24.0 Å². The molecule has 4 nitrogen and oxygen atoms in total. The Balaban J connectivity index is 0.00000220. The number of benzene rings is 1. The van der Waals surface area contributed by atoms with Gasteiger partial charge in [-0.05, 0) is 25.1 Å². The minimum absolute atomic E-state index is 0. The van der Waals surface area contributed by atoms with E-state index in [1.807, 2.05) is 44.9 Å². The topological polar surface area (TPSA) is 32.0 Å². The molecule has 0 fully saturated rings. The lowest BCUT2D eigenvalue weighted by Gasteiger charge is -2.22. The van der Waals surface area contributed by atoms with Crippen LogP contribution in [0.25, 0.3) is 11.0 Å². The van der Waals surface area contributed by atoms with Gasteiger partial charge >= 0.3 is 0 Å². The third-order valence-corrected chi connectivity index (χ3v) is 3.16. The minimum atomic E-state index is -0.251. The largest absolute Gasteiger partial charge is 0.459 e. The van der Waals surface area contributed by atoms with Gasteiger partial charge in [0.15, 0.2) is 5.96 Å². The molecule has 1 aromatic heterocycles. The molecule has 116 valence electrons. The van der Waals surface area contributed by atoms with Gasteiger partial charge in [-0.2, -0.15) is 0 Å². The Morgan fingerprint density at radius 2 is 1.81 bits per heavy atom. The van der Waals surface area contributed by atoms with Crippen LogP contribution in [-0.2, 0) is 6.54 Å². The number of hydrogen-bond acceptors (Lipinski definition) is 2. The zero-order chi connectivity index (χ0) is 14.9. The maximum absolute atomic E-state index is 13.3. The first-order chi connectivity index (χ1) is 9.40.